The number of aliphatic imine (C=N–C) groups is 1. The number of hydrogen-bond acceptors (Lipinski definition) is 3. The topological polar surface area (TPSA) is 53.9 Å². The van der Waals surface area contributed by atoms with Gasteiger partial charge >= 0.3 is 6.03 Å². The number of nitrogens with one attached hydrogen (secondary N) is 1. The van der Waals surface area contributed by atoms with Gasteiger partial charge < -0.3 is 10.1 Å². The number of ether oxygens (including phenoxy) is 1. The van der Waals surface area contributed by atoms with Gasteiger partial charge in [0.2, 0.25) is 0 Å². The molecule has 26 heavy (non-hydrogen) atoms. The molecule has 7 heteroatoms. The van der Waals surface area contributed by atoms with Crippen LogP contribution in [0.25, 0.3) is 0 Å². The summed E-state index contributed by atoms with van der Waals surface area (Å²) in [7, 11) is 0. The second-order valence-corrected chi connectivity index (χ2v) is 6.75. The van der Waals surface area contributed by atoms with E-state index in [9.17, 15) is 4.79 Å². The Labute approximate surface area is 162 Å². The van der Waals surface area contributed by atoms with Crippen LogP contribution in [0.1, 0.15) is 11.1 Å². The molecule has 2 aromatic rings. The lowest BCUT2D eigenvalue weighted by atomic mass is 10.1. The summed E-state index contributed by atoms with van der Waals surface area (Å²) >= 11 is 12.1. The molecule has 136 valence electrons. The van der Waals surface area contributed by atoms with Crippen molar-refractivity contribution in [2.45, 2.75) is 13.8 Å². The molecule has 2 aromatic carbocycles. The second kappa shape index (κ2) is 7.98. The van der Waals surface area contributed by atoms with Crippen molar-refractivity contribution in [1.82, 2.24) is 4.90 Å². The number of rotatable bonds is 4. The molecule has 2 amide bonds. The van der Waals surface area contributed by atoms with Gasteiger partial charge in [-0.05, 0) is 43.2 Å². The number of amides is 2. The molecule has 0 radical (unpaired) electrons. The molecule has 0 saturated carbocycles. The fourth-order valence-corrected chi connectivity index (χ4v) is 2.99. The van der Waals surface area contributed by atoms with E-state index in [1.807, 2.05) is 32.0 Å². The van der Waals surface area contributed by atoms with Gasteiger partial charge in [0.15, 0.2) is 0 Å². The van der Waals surface area contributed by atoms with Crippen LogP contribution in [0.15, 0.2) is 41.4 Å². The van der Waals surface area contributed by atoms with Crippen LogP contribution in [0.4, 0.5) is 10.5 Å². The van der Waals surface area contributed by atoms with Crippen LogP contribution >= 0.6 is 23.2 Å². The number of nitrogens with zero attached hydrogens (tertiary/aromatic N) is 2. The molecule has 0 aromatic heterocycles. The smallest absolute Gasteiger partial charge is 0.327 e. The van der Waals surface area contributed by atoms with Gasteiger partial charge in [-0.1, -0.05) is 41.4 Å². The van der Waals surface area contributed by atoms with E-state index in [0.717, 1.165) is 16.9 Å². The highest BCUT2D eigenvalue weighted by Gasteiger charge is 2.25. The Kier molecular flexibility index (Phi) is 5.69. The summed E-state index contributed by atoms with van der Waals surface area (Å²) < 4.78 is 5.88. The van der Waals surface area contributed by atoms with E-state index in [-0.39, 0.29) is 12.6 Å². The van der Waals surface area contributed by atoms with E-state index >= 15 is 0 Å². The average Bonchev–Trinajstić information content (AvgIpc) is 3.09. The Hall–Kier alpha value is -2.24. The SMILES string of the molecule is Cc1cccc(OCC2=NCCN2C(=O)Nc2cccc(Cl)c2Cl)c1C. The van der Waals surface area contributed by atoms with Crippen LogP contribution in [0, 0.1) is 13.8 Å². The Morgan fingerprint density at radius 2 is 2.00 bits per heavy atom. The lowest BCUT2D eigenvalue weighted by Gasteiger charge is -2.20. The molecule has 0 bridgehead atoms. The molecular formula is C19H19Cl2N3O2. The summed E-state index contributed by atoms with van der Waals surface area (Å²) in [6.07, 6.45) is 0. The molecule has 1 aliphatic heterocycles. The summed E-state index contributed by atoms with van der Waals surface area (Å²) in [5.74, 6) is 1.37. The van der Waals surface area contributed by atoms with Crippen molar-refractivity contribution < 1.29 is 9.53 Å². The minimum Gasteiger partial charge on any atom is -0.485 e. The number of carbonyl (C=O) groups excluding carboxylic acids is 1. The predicted octanol–water partition coefficient (Wildman–Crippen LogP) is 4.94. The van der Waals surface area contributed by atoms with Gasteiger partial charge in [0.1, 0.15) is 18.2 Å². The van der Waals surface area contributed by atoms with Crippen LogP contribution in [-0.2, 0) is 0 Å². The molecule has 1 N–H and O–H groups in total. The van der Waals surface area contributed by atoms with Crippen molar-refractivity contribution in [3.63, 3.8) is 0 Å². The third-order valence-electron chi connectivity index (χ3n) is 4.28. The fourth-order valence-electron chi connectivity index (χ4n) is 2.64. The standard InChI is InChI=1S/C19H19Cl2N3O2/c1-12-5-3-8-16(13(12)2)26-11-17-22-9-10-24(17)19(25)23-15-7-4-6-14(20)18(15)21/h3-8H,9-11H2,1-2H3,(H,23,25). The van der Waals surface area contributed by atoms with Crippen molar-refractivity contribution in [3.8, 4) is 5.75 Å². The van der Waals surface area contributed by atoms with Crippen LogP contribution in [-0.4, -0.2) is 36.5 Å². The van der Waals surface area contributed by atoms with Crippen molar-refractivity contribution in [2.75, 3.05) is 25.0 Å². The van der Waals surface area contributed by atoms with Crippen LogP contribution < -0.4 is 10.1 Å². The van der Waals surface area contributed by atoms with Crippen molar-refractivity contribution in [2.24, 2.45) is 4.99 Å². The van der Waals surface area contributed by atoms with E-state index in [4.69, 9.17) is 27.9 Å². The number of halogens is 2. The number of benzene rings is 2. The highest BCUT2D eigenvalue weighted by Crippen LogP contribution is 2.30. The highest BCUT2D eigenvalue weighted by atomic mass is 35.5. The molecule has 0 saturated heterocycles. The number of amidine groups is 1. The normalized spacial score (nSPS) is 13.5. The van der Waals surface area contributed by atoms with Crippen molar-refractivity contribution in [3.05, 3.63) is 57.6 Å². The zero-order valence-corrected chi connectivity index (χ0v) is 16.1. The van der Waals surface area contributed by atoms with Crippen LogP contribution in [0.3, 0.4) is 0 Å². The first-order chi connectivity index (χ1) is 12.5. The molecule has 5 nitrogen and oxygen atoms in total. The van der Waals surface area contributed by atoms with Crippen LogP contribution in [0.5, 0.6) is 5.75 Å². The van der Waals surface area contributed by atoms with E-state index in [2.05, 4.69) is 10.3 Å². The summed E-state index contributed by atoms with van der Waals surface area (Å²) in [6.45, 7) is 5.30. The van der Waals surface area contributed by atoms with Gasteiger partial charge in [0, 0.05) is 6.54 Å². The monoisotopic (exact) mass is 391 g/mol. The maximum Gasteiger partial charge on any atom is 0.327 e. The van der Waals surface area contributed by atoms with E-state index in [0.29, 0.717) is 34.7 Å². The number of carbonyl (C=O) groups is 1. The van der Waals surface area contributed by atoms with Gasteiger partial charge in [0.25, 0.3) is 0 Å². The third kappa shape index (κ3) is 3.94. The zero-order valence-electron chi connectivity index (χ0n) is 14.6. The summed E-state index contributed by atoms with van der Waals surface area (Å²) in [5.41, 5.74) is 2.69. The quantitative estimate of drug-likeness (QED) is 0.802. The van der Waals surface area contributed by atoms with Crippen molar-refractivity contribution in [1.29, 1.82) is 0 Å². The Morgan fingerprint density at radius 3 is 2.81 bits per heavy atom. The van der Waals surface area contributed by atoms with Crippen molar-refractivity contribution >= 4 is 40.8 Å². The van der Waals surface area contributed by atoms with Gasteiger partial charge in [-0.2, -0.15) is 0 Å². The minimum absolute atomic E-state index is 0.223. The molecule has 0 spiro atoms. The fraction of sp³-hybridized carbons (Fsp3) is 0.263. The molecule has 1 aliphatic rings. The van der Waals surface area contributed by atoms with E-state index in [1.54, 1.807) is 23.1 Å². The Morgan fingerprint density at radius 1 is 1.23 bits per heavy atom. The maximum absolute atomic E-state index is 12.6. The van der Waals surface area contributed by atoms with Gasteiger partial charge in [0.05, 0.1) is 22.3 Å². The lowest BCUT2D eigenvalue weighted by molar-refractivity contribution is 0.234. The molecule has 0 atom stereocenters. The summed E-state index contributed by atoms with van der Waals surface area (Å²) in [5, 5.41) is 3.47. The molecule has 0 aliphatic carbocycles. The zero-order chi connectivity index (χ0) is 18.7. The first kappa shape index (κ1) is 18.5. The Bertz CT molecular complexity index is 868. The largest absolute Gasteiger partial charge is 0.485 e. The average molecular weight is 392 g/mol. The predicted molar refractivity (Wildman–Crippen MR) is 106 cm³/mol. The minimum atomic E-state index is -0.310. The first-order valence-corrected chi connectivity index (χ1v) is 8.98. The number of urea groups is 1. The van der Waals surface area contributed by atoms with Gasteiger partial charge in [-0.3, -0.25) is 9.89 Å². The van der Waals surface area contributed by atoms with Crippen LogP contribution in [0.2, 0.25) is 10.0 Å². The highest BCUT2D eigenvalue weighted by molar-refractivity contribution is 6.44. The third-order valence-corrected chi connectivity index (χ3v) is 5.10. The second-order valence-electron chi connectivity index (χ2n) is 5.97. The van der Waals surface area contributed by atoms with E-state index in [1.165, 1.54) is 0 Å². The number of hydrogen-bond donors (Lipinski definition) is 1. The lowest BCUT2D eigenvalue weighted by Crippen LogP contribution is -2.40. The first-order valence-electron chi connectivity index (χ1n) is 8.22. The maximum atomic E-state index is 12.6. The van der Waals surface area contributed by atoms with Gasteiger partial charge in [-0.15, -0.1) is 0 Å². The number of aryl methyl sites for hydroxylation is 1. The van der Waals surface area contributed by atoms with E-state index < -0.39 is 0 Å². The molecule has 0 fully saturated rings. The Balaban J connectivity index is 1.67. The molecule has 1 heterocycles. The molecule has 0 unspecified atom stereocenters. The molecule has 3 rings (SSSR count). The molecular weight excluding hydrogens is 373 g/mol. The summed E-state index contributed by atoms with van der Waals surface area (Å²) in [4.78, 5) is 18.5. The number of anilines is 1. The summed E-state index contributed by atoms with van der Waals surface area (Å²) in [6, 6.07) is 10.7. The van der Waals surface area contributed by atoms with Gasteiger partial charge in [-0.25, -0.2) is 4.79 Å².